The van der Waals surface area contributed by atoms with Crippen LogP contribution in [0.25, 0.3) is 0 Å². The van der Waals surface area contributed by atoms with Crippen LogP contribution in [0.4, 0.5) is 5.69 Å². The zero-order chi connectivity index (χ0) is 16.8. The van der Waals surface area contributed by atoms with E-state index in [1.165, 1.54) is 12.8 Å². The van der Waals surface area contributed by atoms with E-state index < -0.39 is 0 Å². The SMILES string of the molecule is Cc1ccnc(Oc2ccc(NC(=O)CC[C@@H]3CCCN3)cc2)n1. The number of hydrogen-bond donors (Lipinski definition) is 2. The van der Waals surface area contributed by atoms with E-state index in [2.05, 4.69) is 20.6 Å². The number of aryl methyl sites for hydroxylation is 1. The highest BCUT2D eigenvalue weighted by Gasteiger charge is 2.15. The molecule has 0 radical (unpaired) electrons. The zero-order valence-electron chi connectivity index (χ0n) is 13.8. The van der Waals surface area contributed by atoms with Crippen molar-refractivity contribution >= 4 is 11.6 Å². The second-order valence-corrected chi connectivity index (χ2v) is 5.99. The van der Waals surface area contributed by atoms with Gasteiger partial charge in [-0.05, 0) is 63.1 Å². The number of aromatic nitrogens is 2. The number of nitrogens with one attached hydrogen (secondary N) is 2. The van der Waals surface area contributed by atoms with Gasteiger partial charge in [-0.3, -0.25) is 4.79 Å². The number of benzene rings is 1. The summed E-state index contributed by atoms with van der Waals surface area (Å²) in [5, 5.41) is 6.31. The van der Waals surface area contributed by atoms with Crippen LogP contribution in [-0.4, -0.2) is 28.5 Å². The highest BCUT2D eigenvalue weighted by molar-refractivity contribution is 5.90. The Morgan fingerprint density at radius 3 is 2.88 bits per heavy atom. The van der Waals surface area contributed by atoms with E-state index in [-0.39, 0.29) is 5.91 Å². The van der Waals surface area contributed by atoms with Crippen molar-refractivity contribution in [3.05, 3.63) is 42.2 Å². The lowest BCUT2D eigenvalue weighted by Gasteiger charge is -2.10. The molecular weight excluding hydrogens is 304 g/mol. The summed E-state index contributed by atoms with van der Waals surface area (Å²) in [6.07, 6.45) is 5.45. The van der Waals surface area contributed by atoms with E-state index in [0.29, 0.717) is 24.2 Å². The molecular formula is C18H22N4O2. The first-order valence-electron chi connectivity index (χ1n) is 8.30. The van der Waals surface area contributed by atoms with Gasteiger partial charge in [0.05, 0.1) is 0 Å². The summed E-state index contributed by atoms with van der Waals surface area (Å²) in [5.74, 6) is 0.674. The van der Waals surface area contributed by atoms with Crippen molar-refractivity contribution in [2.75, 3.05) is 11.9 Å². The molecule has 0 aliphatic carbocycles. The number of ether oxygens (including phenoxy) is 1. The van der Waals surface area contributed by atoms with Crippen LogP contribution in [0.15, 0.2) is 36.5 Å². The average Bonchev–Trinajstić information content (AvgIpc) is 3.08. The van der Waals surface area contributed by atoms with Crippen molar-refractivity contribution in [1.29, 1.82) is 0 Å². The van der Waals surface area contributed by atoms with E-state index in [1.54, 1.807) is 18.3 Å². The molecule has 2 N–H and O–H groups in total. The predicted octanol–water partition coefficient (Wildman–Crippen LogP) is 3.05. The maximum Gasteiger partial charge on any atom is 0.322 e. The third-order valence-corrected chi connectivity index (χ3v) is 4.00. The van der Waals surface area contributed by atoms with Crippen LogP contribution in [0.2, 0.25) is 0 Å². The fourth-order valence-electron chi connectivity index (χ4n) is 2.72. The maximum absolute atomic E-state index is 12.0. The van der Waals surface area contributed by atoms with Gasteiger partial charge in [0.2, 0.25) is 5.91 Å². The highest BCUT2D eigenvalue weighted by atomic mass is 16.5. The molecule has 24 heavy (non-hydrogen) atoms. The van der Waals surface area contributed by atoms with Crippen molar-refractivity contribution < 1.29 is 9.53 Å². The van der Waals surface area contributed by atoms with Crippen LogP contribution >= 0.6 is 0 Å². The minimum absolute atomic E-state index is 0.0411. The summed E-state index contributed by atoms with van der Waals surface area (Å²) in [6, 6.07) is 9.83. The number of hydrogen-bond acceptors (Lipinski definition) is 5. The van der Waals surface area contributed by atoms with Crippen LogP contribution < -0.4 is 15.4 Å². The molecule has 0 saturated carbocycles. The molecule has 0 unspecified atom stereocenters. The topological polar surface area (TPSA) is 76.1 Å². The Bertz CT molecular complexity index is 682. The lowest BCUT2D eigenvalue weighted by atomic mass is 10.1. The van der Waals surface area contributed by atoms with Crippen molar-refractivity contribution in [3.8, 4) is 11.8 Å². The van der Waals surface area contributed by atoms with Crippen LogP contribution in [-0.2, 0) is 4.79 Å². The fourth-order valence-corrected chi connectivity index (χ4v) is 2.72. The molecule has 2 aromatic rings. The monoisotopic (exact) mass is 326 g/mol. The van der Waals surface area contributed by atoms with Crippen molar-refractivity contribution in [2.45, 2.75) is 38.6 Å². The van der Waals surface area contributed by atoms with E-state index >= 15 is 0 Å². The minimum atomic E-state index is 0.0411. The molecule has 1 aliphatic heterocycles. The normalized spacial score (nSPS) is 16.8. The molecule has 1 atom stereocenters. The van der Waals surface area contributed by atoms with Gasteiger partial charge in [-0.25, -0.2) is 9.97 Å². The quantitative estimate of drug-likeness (QED) is 0.853. The molecule has 1 aromatic heterocycles. The molecule has 1 saturated heterocycles. The molecule has 126 valence electrons. The standard InChI is InChI=1S/C18H22N4O2/c1-13-10-12-20-18(21-13)24-16-7-4-15(5-8-16)22-17(23)9-6-14-3-2-11-19-14/h4-5,7-8,10,12,14,19H,2-3,6,9,11H2,1H3,(H,22,23)/t14-/m0/s1. The Balaban J connectivity index is 1.49. The third kappa shape index (κ3) is 4.76. The van der Waals surface area contributed by atoms with Crippen molar-refractivity contribution in [1.82, 2.24) is 15.3 Å². The Hall–Kier alpha value is -2.47. The maximum atomic E-state index is 12.0. The van der Waals surface area contributed by atoms with Gasteiger partial charge in [-0.15, -0.1) is 0 Å². The zero-order valence-corrected chi connectivity index (χ0v) is 13.8. The third-order valence-electron chi connectivity index (χ3n) is 4.00. The lowest BCUT2D eigenvalue weighted by Crippen LogP contribution is -2.23. The Morgan fingerprint density at radius 2 is 2.17 bits per heavy atom. The number of anilines is 1. The molecule has 0 bridgehead atoms. The molecule has 0 spiro atoms. The van der Waals surface area contributed by atoms with Gasteiger partial charge in [0.15, 0.2) is 0 Å². The lowest BCUT2D eigenvalue weighted by molar-refractivity contribution is -0.116. The summed E-state index contributed by atoms with van der Waals surface area (Å²) in [6.45, 7) is 2.95. The smallest absolute Gasteiger partial charge is 0.322 e. The number of carbonyl (C=O) groups excluding carboxylic acids is 1. The van der Waals surface area contributed by atoms with Gasteiger partial charge in [0.25, 0.3) is 0 Å². The van der Waals surface area contributed by atoms with Crippen LogP contribution in [0.5, 0.6) is 11.8 Å². The van der Waals surface area contributed by atoms with Crippen molar-refractivity contribution in [3.63, 3.8) is 0 Å². The van der Waals surface area contributed by atoms with E-state index in [9.17, 15) is 4.79 Å². The first kappa shape index (κ1) is 16.4. The Morgan fingerprint density at radius 1 is 1.33 bits per heavy atom. The largest absolute Gasteiger partial charge is 0.424 e. The molecule has 6 nitrogen and oxygen atoms in total. The molecule has 2 heterocycles. The van der Waals surface area contributed by atoms with Crippen molar-refractivity contribution in [2.24, 2.45) is 0 Å². The predicted molar refractivity (Wildman–Crippen MR) is 92.2 cm³/mol. The van der Waals surface area contributed by atoms with Crippen LogP contribution in [0.3, 0.4) is 0 Å². The minimum Gasteiger partial charge on any atom is -0.424 e. The van der Waals surface area contributed by atoms with Gasteiger partial charge in [0.1, 0.15) is 5.75 Å². The van der Waals surface area contributed by atoms with E-state index in [4.69, 9.17) is 4.74 Å². The summed E-state index contributed by atoms with van der Waals surface area (Å²) >= 11 is 0. The highest BCUT2D eigenvalue weighted by Crippen LogP contribution is 2.20. The molecule has 1 amide bonds. The number of amides is 1. The van der Waals surface area contributed by atoms with Gasteiger partial charge in [-0.1, -0.05) is 0 Å². The van der Waals surface area contributed by atoms with Crippen LogP contribution in [0, 0.1) is 6.92 Å². The first-order chi connectivity index (χ1) is 11.7. The van der Waals surface area contributed by atoms with E-state index in [0.717, 1.165) is 24.3 Å². The molecule has 1 fully saturated rings. The second-order valence-electron chi connectivity index (χ2n) is 5.99. The Kier molecular flexibility index (Phi) is 5.38. The summed E-state index contributed by atoms with van der Waals surface area (Å²) in [7, 11) is 0. The van der Waals surface area contributed by atoms with Gasteiger partial charge in [0, 0.05) is 30.0 Å². The first-order valence-corrected chi connectivity index (χ1v) is 8.30. The molecule has 1 aromatic carbocycles. The van der Waals surface area contributed by atoms with Crippen LogP contribution in [0.1, 0.15) is 31.4 Å². The molecule has 1 aliphatic rings. The molecule has 6 heteroatoms. The Labute approximate surface area is 141 Å². The summed E-state index contributed by atoms with van der Waals surface area (Å²) < 4.78 is 5.59. The van der Waals surface area contributed by atoms with E-state index in [1.807, 2.05) is 25.1 Å². The number of carbonyl (C=O) groups is 1. The van der Waals surface area contributed by atoms with Gasteiger partial charge >= 0.3 is 6.01 Å². The van der Waals surface area contributed by atoms with Gasteiger partial charge < -0.3 is 15.4 Å². The summed E-state index contributed by atoms with van der Waals surface area (Å²) in [4.78, 5) is 20.2. The molecule has 3 rings (SSSR count). The number of rotatable bonds is 6. The fraction of sp³-hybridized carbons (Fsp3) is 0.389. The summed E-state index contributed by atoms with van der Waals surface area (Å²) in [5.41, 5.74) is 1.61. The average molecular weight is 326 g/mol. The second kappa shape index (κ2) is 7.88. The van der Waals surface area contributed by atoms with Gasteiger partial charge in [-0.2, -0.15) is 0 Å². The number of nitrogens with zero attached hydrogens (tertiary/aromatic N) is 2.